The quantitative estimate of drug-likeness (QED) is 0.904. The second kappa shape index (κ2) is 6.96. The van der Waals surface area contributed by atoms with Gasteiger partial charge in [-0.05, 0) is 55.6 Å². The molecule has 1 saturated heterocycles. The number of aryl methyl sites for hydroxylation is 1. The Kier molecular flexibility index (Phi) is 4.53. The van der Waals surface area contributed by atoms with Gasteiger partial charge in [0.05, 0.1) is 13.3 Å². The van der Waals surface area contributed by atoms with Gasteiger partial charge in [0.25, 0.3) is 0 Å². The van der Waals surface area contributed by atoms with Gasteiger partial charge < -0.3 is 14.2 Å². The highest BCUT2D eigenvalue weighted by Gasteiger charge is 2.25. The van der Waals surface area contributed by atoms with Crippen LogP contribution in [0.15, 0.2) is 18.3 Å². The van der Waals surface area contributed by atoms with Crippen LogP contribution in [-0.2, 0) is 13.0 Å². The second-order valence-corrected chi connectivity index (χ2v) is 6.74. The van der Waals surface area contributed by atoms with E-state index in [1.54, 1.807) is 7.11 Å². The molecule has 1 aromatic carbocycles. The molecule has 0 aliphatic carbocycles. The zero-order valence-corrected chi connectivity index (χ0v) is 14.9. The summed E-state index contributed by atoms with van der Waals surface area (Å²) < 4.78 is 16.4. The maximum absolute atomic E-state index is 5.53. The molecule has 4 rings (SSSR count). The number of likely N-dealkylation sites (tertiary alicyclic amines) is 1. The highest BCUT2D eigenvalue weighted by Crippen LogP contribution is 2.42. The van der Waals surface area contributed by atoms with Crippen molar-refractivity contribution in [3.8, 4) is 17.2 Å². The SMILES string of the molecule is CCc1cn[nH]c1C1CCN(Cc2cc(OC)c3c(c2)OCO3)CC1. The number of rotatable bonds is 5. The first-order chi connectivity index (χ1) is 12.3. The molecule has 0 amide bonds. The van der Waals surface area contributed by atoms with Crippen LogP contribution in [0.2, 0.25) is 0 Å². The molecule has 1 aromatic heterocycles. The molecule has 0 saturated carbocycles. The molecule has 0 spiro atoms. The first-order valence-corrected chi connectivity index (χ1v) is 8.99. The van der Waals surface area contributed by atoms with Gasteiger partial charge in [0, 0.05) is 18.2 Å². The van der Waals surface area contributed by atoms with Crippen molar-refractivity contribution < 1.29 is 14.2 Å². The molecule has 25 heavy (non-hydrogen) atoms. The third-order valence-electron chi connectivity index (χ3n) is 5.25. The lowest BCUT2D eigenvalue weighted by Crippen LogP contribution is -2.32. The summed E-state index contributed by atoms with van der Waals surface area (Å²) in [7, 11) is 1.67. The van der Waals surface area contributed by atoms with E-state index in [0.29, 0.717) is 5.92 Å². The predicted octanol–water partition coefficient (Wildman–Crippen LogP) is 3.09. The molecule has 2 aromatic rings. The Hall–Kier alpha value is -2.21. The predicted molar refractivity (Wildman–Crippen MR) is 94.3 cm³/mol. The molecule has 3 heterocycles. The highest BCUT2D eigenvalue weighted by molar-refractivity contribution is 5.55. The Labute approximate surface area is 148 Å². The summed E-state index contributed by atoms with van der Waals surface area (Å²) in [4.78, 5) is 2.50. The van der Waals surface area contributed by atoms with Crippen LogP contribution in [0, 0.1) is 0 Å². The average Bonchev–Trinajstić information content (AvgIpc) is 3.30. The van der Waals surface area contributed by atoms with Gasteiger partial charge in [-0.3, -0.25) is 10.00 Å². The zero-order valence-electron chi connectivity index (χ0n) is 14.9. The van der Waals surface area contributed by atoms with Gasteiger partial charge in [0.1, 0.15) is 0 Å². The molecular formula is C19H25N3O3. The molecular weight excluding hydrogens is 318 g/mol. The fourth-order valence-corrected chi connectivity index (χ4v) is 3.87. The van der Waals surface area contributed by atoms with Gasteiger partial charge in [-0.2, -0.15) is 5.10 Å². The summed E-state index contributed by atoms with van der Waals surface area (Å²) in [6.45, 7) is 5.54. The van der Waals surface area contributed by atoms with Crippen LogP contribution in [0.3, 0.4) is 0 Å². The van der Waals surface area contributed by atoms with E-state index in [1.807, 2.05) is 6.20 Å². The number of hydrogen-bond acceptors (Lipinski definition) is 5. The molecule has 0 radical (unpaired) electrons. The lowest BCUT2D eigenvalue weighted by Gasteiger charge is -2.32. The van der Waals surface area contributed by atoms with Gasteiger partial charge in [-0.1, -0.05) is 6.92 Å². The number of methoxy groups -OCH3 is 1. The second-order valence-electron chi connectivity index (χ2n) is 6.74. The molecule has 0 bridgehead atoms. The van der Waals surface area contributed by atoms with Gasteiger partial charge in [0.2, 0.25) is 12.5 Å². The van der Waals surface area contributed by atoms with Crippen LogP contribution in [0.25, 0.3) is 0 Å². The number of hydrogen-bond donors (Lipinski definition) is 1. The van der Waals surface area contributed by atoms with Crippen LogP contribution in [0.4, 0.5) is 0 Å². The highest BCUT2D eigenvalue weighted by atomic mass is 16.7. The fraction of sp³-hybridized carbons (Fsp3) is 0.526. The average molecular weight is 343 g/mol. The van der Waals surface area contributed by atoms with E-state index in [-0.39, 0.29) is 6.79 Å². The molecule has 0 unspecified atom stereocenters. The van der Waals surface area contributed by atoms with Crippen molar-refractivity contribution in [1.82, 2.24) is 15.1 Å². The molecule has 2 aliphatic rings. The minimum Gasteiger partial charge on any atom is -0.493 e. The molecule has 6 nitrogen and oxygen atoms in total. The molecule has 2 aliphatic heterocycles. The van der Waals surface area contributed by atoms with Gasteiger partial charge in [-0.25, -0.2) is 0 Å². The summed E-state index contributed by atoms with van der Waals surface area (Å²) in [5, 5.41) is 7.45. The summed E-state index contributed by atoms with van der Waals surface area (Å²) in [6.07, 6.45) is 5.34. The van der Waals surface area contributed by atoms with Crippen LogP contribution >= 0.6 is 0 Å². The minimum atomic E-state index is 0.268. The third-order valence-corrected chi connectivity index (χ3v) is 5.25. The number of aromatic amines is 1. The number of ether oxygens (including phenoxy) is 3. The lowest BCUT2D eigenvalue weighted by atomic mass is 9.90. The molecule has 1 fully saturated rings. The van der Waals surface area contributed by atoms with E-state index in [1.165, 1.54) is 16.8 Å². The smallest absolute Gasteiger partial charge is 0.231 e. The number of nitrogens with one attached hydrogen (secondary N) is 1. The van der Waals surface area contributed by atoms with Gasteiger partial charge >= 0.3 is 0 Å². The van der Waals surface area contributed by atoms with Crippen molar-refractivity contribution in [1.29, 1.82) is 0 Å². The van der Waals surface area contributed by atoms with Crippen molar-refractivity contribution in [2.75, 3.05) is 27.0 Å². The summed E-state index contributed by atoms with van der Waals surface area (Å²) in [5.41, 5.74) is 3.90. The molecule has 1 N–H and O–H groups in total. The normalized spacial score (nSPS) is 17.8. The largest absolute Gasteiger partial charge is 0.493 e. The Morgan fingerprint density at radius 3 is 2.88 bits per heavy atom. The Morgan fingerprint density at radius 1 is 1.28 bits per heavy atom. The Balaban J connectivity index is 1.41. The van der Waals surface area contributed by atoms with Crippen molar-refractivity contribution in [3.63, 3.8) is 0 Å². The van der Waals surface area contributed by atoms with Crippen LogP contribution in [0.5, 0.6) is 17.2 Å². The topological polar surface area (TPSA) is 59.6 Å². The summed E-state index contributed by atoms with van der Waals surface area (Å²) in [5.74, 6) is 2.86. The van der Waals surface area contributed by atoms with E-state index in [0.717, 1.165) is 56.1 Å². The first kappa shape index (κ1) is 16.3. The van der Waals surface area contributed by atoms with E-state index in [9.17, 15) is 0 Å². The standard InChI is InChI=1S/C19H25N3O3/c1-3-14-10-20-21-18(14)15-4-6-22(7-5-15)11-13-8-16(23-2)19-17(9-13)24-12-25-19/h8-10,15H,3-7,11-12H2,1-2H3,(H,20,21). The van der Waals surface area contributed by atoms with Crippen molar-refractivity contribution >= 4 is 0 Å². The monoisotopic (exact) mass is 343 g/mol. The fourth-order valence-electron chi connectivity index (χ4n) is 3.87. The van der Waals surface area contributed by atoms with E-state index < -0.39 is 0 Å². The summed E-state index contributed by atoms with van der Waals surface area (Å²) in [6, 6.07) is 4.13. The van der Waals surface area contributed by atoms with E-state index >= 15 is 0 Å². The van der Waals surface area contributed by atoms with E-state index in [2.05, 4.69) is 34.2 Å². The van der Waals surface area contributed by atoms with Gasteiger partial charge in [-0.15, -0.1) is 0 Å². The van der Waals surface area contributed by atoms with Crippen LogP contribution < -0.4 is 14.2 Å². The van der Waals surface area contributed by atoms with Crippen molar-refractivity contribution in [3.05, 3.63) is 35.2 Å². The number of fused-ring (bicyclic) bond motifs is 1. The summed E-state index contributed by atoms with van der Waals surface area (Å²) >= 11 is 0. The third kappa shape index (κ3) is 3.18. The molecule has 6 heteroatoms. The van der Waals surface area contributed by atoms with Crippen LogP contribution in [0.1, 0.15) is 42.5 Å². The van der Waals surface area contributed by atoms with Crippen molar-refractivity contribution in [2.45, 2.75) is 38.6 Å². The van der Waals surface area contributed by atoms with Crippen LogP contribution in [-0.4, -0.2) is 42.1 Å². The number of aromatic nitrogens is 2. The van der Waals surface area contributed by atoms with E-state index in [4.69, 9.17) is 14.2 Å². The maximum atomic E-state index is 5.53. The lowest BCUT2D eigenvalue weighted by molar-refractivity contribution is 0.171. The zero-order chi connectivity index (χ0) is 17.2. The molecule has 134 valence electrons. The van der Waals surface area contributed by atoms with Crippen molar-refractivity contribution in [2.24, 2.45) is 0 Å². The number of H-pyrrole nitrogens is 1. The number of piperidine rings is 1. The number of nitrogens with zero attached hydrogens (tertiary/aromatic N) is 2. The van der Waals surface area contributed by atoms with Gasteiger partial charge in [0.15, 0.2) is 11.5 Å². The first-order valence-electron chi connectivity index (χ1n) is 8.99. The Bertz CT molecular complexity index is 736. The molecule has 0 atom stereocenters. The minimum absolute atomic E-state index is 0.268. The maximum Gasteiger partial charge on any atom is 0.231 e. The number of benzene rings is 1. The Morgan fingerprint density at radius 2 is 2.12 bits per heavy atom.